The molecule has 2 rings (SSSR count). The van der Waals surface area contributed by atoms with Gasteiger partial charge in [-0.3, -0.25) is 4.68 Å². The molecule has 1 atom stereocenters. The van der Waals surface area contributed by atoms with Crippen LogP contribution >= 0.6 is 0 Å². The van der Waals surface area contributed by atoms with Crippen molar-refractivity contribution in [3.05, 3.63) is 36.5 Å². The van der Waals surface area contributed by atoms with Gasteiger partial charge in [-0.2, -0.15) is 5.10 Å². The Bertz CT molecular complexity index is 479. The molecular formula is C12H15N3O. The van der Waals surface area contributed by atoms with E-state index < -0.39 is 0 Å². The minimum Gasteiger partial charge on any atom is -0.507 e. The van der Waals surface area contributed by atoms with Crippen LogP contribution in [0.1, 0.15) is 13.0 Å². The van der Waals surface area contributed by atoms with Crippen LogP contribution in [0.25, 0.3) is 11.3 Å². The first-order chi connectivity index (χ1) is 7.74. The average molecular weight is 217 g/mol. The minimum atomic E-state index is 0.115. The fourth-order valence-corrected chi connectivity index (χ4v) is 1.67. The number of aromatic hydroxyl groups is 1. The summed E-state index contributed by atoms with van der Waals surface area (Å²) in [6, 6.07) is 9.21. The van der Waals surface area contributed by atoms with Crippen LogP contribution in [0.5, 0.6) is 5.75 Å². The van der Waals surface area contributed by atoms with E-state index in [4.69, 9.17) is 5.73 Å². The van der Waals surface area contributed by atoms with Crippen LogP contribution in [0.3, 0.4) is 0 Å². The third-order valence-electron chi connectivity index (χ3n) is 2.61. The molecule has 0 spiro atoms. The lowest BCUT2D eigenvalue weighted by molar-refractivity contribution is 0.472. The van der Waals surface area contributed by atoms with Gasteiger partial charge in [0.05, 0.1) is 11.7 Å². The second-order valence-electron chi connectivity index (χ2n) is 3.76. The van der Waals surface area contributed by atoms with Gasteiger partial charge in [0.15, 0.2) is 0 Å². The fraction of sp³-hybridized carbons (Fsp3) is 0.250. The lowest BCUT2D eigenvalue weighted by atomic mass is 10.1. The number of phenolic OH excluding ortho intramolecular Hbond substituents is 1. The number of para-hydroxylation sites is 1. The monoisotopic (exact) mass is 217 g/mol. The highest BCUT2D eigenvalue weighted by Gasteiger charge is 2.12. The summed E-state index contributed by atoms with van der Waals surface area (Å²) in [5.74, 6) is 0.258. The number of hydrogen-bond acceptors (Lipinski definition) is 3. The highest BCUT2D eigenvalue weighted by Crippen LogP contribution is 2.29. The topological polar surface area (TPSA) is 64.1 Å². The van der Waals surface area contributed by atoms with Crippen molar-refractivity contribution in [2.75, 3.05) is 6.54 Å². The third kappa shape index (κ3) is 1.79. The van der Waals surface area contributed by atoms with Crippen LogP contribution in [0.2, 0.25) is 0 Å². The zero-order valence-corrected chi connectivity index (χ0v) is 9.17. The summed E-state index contributed by atoms with van der Waals surface area (Å²) in [7, 11) is 0. The smallest absolute Gasteiger partial charge is 0.124 e. The molecule has 4 heteroatoms. The summed E-state index contributed by atoms with van der Waals surface area (Å²) in [6.07, 6.45) is 1.72. The molecule has 0 aliphatic heterocycles. The SMILES string of the molecule is CC(CN)n1nccc1-c1ccccc1O. The van der Waals surface area contributed by atoms with Crippen LogP contribution in [0.15, 0.2) is 36.5 Å². The van der Waals surface area contributed by atoms with Crippen LogP contribution in [-0.2, 0) is 0 Å². The average Bonchev–Trinajstić information content (AvgIpc) is 2.77. The Kier molecular flexibility index (Phi) is 2.92. The number of benzene rings is 1. The summed E-state index contributed by atoms with van der Waals surface area (Å²) in [6.45, 7) is 2.51. The molecule has 0 saturated carbocycles. The lowest BCUT2D eigenvalue weighted by Gasteiger charge is -2.14. The Labute approximate surface area is 94.3 Å². The zero-order chi connectivity index (χ0) is 11.5. The van der Waals surface area contributed by atoms with Crippen LogP contribution < -0.4 is 5.73 Å². The summed E-state index contributed by atoms with van der Waals surface area (Å²) < 4.78 is 1.83. The standard InChI is InChI=1S/C12H15N3O/c1-9(8-13)15-11(6-7-14-15)10-4-2-3-5-12(10)16/h2-7,9,16H,8,13H2,1H3. The molecular weight excluding hydrogens is 202 g/mol. The van der Waals surface area contributed by atoms with Gasteiger partial charge >= 0.3 is 0 Å². The molecule has 0 aliphatic carbocycles. The maximum absolute atomic E-state index is 9.79. The van der Waals surface area contributed by atoms with Crippen LogP contribution in [0, 0.1) is 0 Å². The molecule has 1 heterocycles. The van der Waals surface area contributed by atoms with Crippen LogP contribution in [0.4, 0.5) is 0 Å². The molecule has 16 heavy (non-hydrogen) atoms. The van der Waals surface area contributed by atoms with Crippen molar-refractivity contribution in [3.63, 3.8) is 0 Å². The fourth-order valence-electron chi connectivity index (χ4n) is 1.67. The van der Waals surface area contributed by atoms with Crippen molar-refractivity contribution < 1.29 is 5.11 Å². The van der Waals surface area contributed by atoms with E-state index >= 15 is 0 Å². The predicted octanol–water partition coefficient (Wildman–Crippen LogP) is 1.78. The Balaban J connectivity index is 2.49. The first kappa shape index (κ1) is 10.7. The number of hydrogen-bond donors (Lipinski definition) is 2. The van der Waals surface area contributed by atoms with Gasteiger partial charge < -0.3 is 10.8 Å². The molecule has 0 fully saturated rings. The number of nitrogens with zero attached hydrogens (tertiary/aromatic N) is 2. The van der Waals surface area contributed by atoms with Crippen molar-refractivity contribution in [2.45, 2.75) is 13.0 Å². The molecule has 0 bridgehead atoms. The van der Waals surface area contributed by atoms with E-state index in [1.807, 2.05) is 29.8 Å². The van der Waals surface area contributed by atoms with Gasteiger partial charge in [-0.25, -0.2) is 0 Å². The van der Waals surface area contributed by atoms with E-state index in [1.54, 1.807) is 18.3 Å². The molecule has 3 N–H and O–H groups in total. The Morgan fingerprint density at radius 1 is 1.38 bits per heavy atom. The summed E-state index contributed by atoms with van der Waals surface area (Å²) in [4.78, 5) is 0. The van der Waals surface area contributed by atoms with Crippen molar-refractivity contribution >= 4 is 0 Å². The highest BCUT2D eigenvalue weighted by molar-refractivity contribution is 5.66. The summed E-state index contributed by atoms with van der Waals surface area (Å²) >= 11 is 0. The second-order valence-corrected chi connectivity index (χ2v) is 3.76. The van der Waals surface area contributed by atoms with Crippen LogP contribution in [-0.4, -0.2) is 21.4 Å². The number of phenols is 1. The Morgan fingerprint density at radius 3 is 2.81 bits per heavy atom. The lowest BCUT2D eigenvalue weighted by Crippen LogP contribution is -2.17. The van der Waals surface area contributed by atoms with Crippen molar-refractivity contribution in [1.29, 1.82) is 0 Å². The summed E-state index contributed by atoms with van der Waals surface area (Å²) in [5, 5.41) is 14.0. The van der Waals surface area contributed by atoms with E-state index in [0.29, 0.717) is 6.54 Å². The van der Waals surface area contributed by atoms with Gasteiger partial charge in [-0.1, -0.05) is 12.1 Å². The summed E-state index contributed by atoms with van der Waals surface area (Å²) in [5.41, 5.74) is 7.29. The van der Waals surface area contributed by atoms with Crippen molar-refractivity contribution in [2.24, 2.45) is 5.73 Å². The largest absolute Gasteiger partial charge is 0.507 e. The Morgan fingerprint density at radius 2 is 2.12 bits per heavy atom. The number of rotatable bonds is 3. The molecule has 0 aliphatic rings. The van der Waals surface area contributed by atoms with Gasteiger partial charge in [-0.15, -0.1) is 0 Å². The van der Waals surface area contributed by atoms with E-state index in [-0.39, 0.29) is 11.8 Å². The maximum Gasteiger partial charge on any atom is 0.124 e. The molecule has 84 valence electrons. The minimum absolute atomic E-state index is 0.115. The normalized spacial score (nSPS) is 12.6. The highest BCUT2D eigenvalue weighted by atomic mass is 16.3. The maximum atomic E-state index is 9.79. The molecule has 1 aromatic carbocycles. The molecule has 2 aromatic rings. The molecule has 0 radical (unpaired) electrons. The molecule has 0 saturated heterocycles. The molecule has 1 unspecified atom stereocenters. The van der Waals surface area contributed by atoms with E-state index in [0.717, 1.165) is 11.3 Å². The zero-order valence-electron chi connectivity index (χ0n) is 9.17. The van der Waals surface area contributed by atoms with Gasteiger partial charge in [-0.05, 0) is 25.1 Å². The van der Waals surface area contributed by atoms with Gasteiger partial charge in [0.1, 0.15) is 5.75 Å². The van der Waals surface area contributed by atoms with Crippen molar-refractivity contribution in [1.82, 2.24) is 9.78 Å². The molecule has 1 aromatic heterocycles. The second kappa shape index (κ2) is 4.37. The molecule has 0 amide bonds. The first-order valence-electron chi connectivity index (χ1n) is 5.26. The van der Waals surface area contributed by atoms with Crippen molar-refractivity contribution in [3.8, 4) is 17.0 Å². The van der Waals surface area contributed by atoms with Gasteiger partial charge in [0.25, 0.3) is 0 Å². The first-order valence-corrected chi connectivity index (χ1v) is 5.26. The van der Waals surface area contributed by atoms with Gasteiger partial charge in [0.2, 0.25) is 0 Å². The van der Waals surface area contributed by atoms with E-state index in [2.05, 4.69) is 5.10 Å². The van der Waals surface area contributed by atoms with Gasteiger partial charge in [0, 0.05) is 18.3 Å². The van der Waals surface area contributed by atoms with E-state index in [9.17, 15) is 5.11 Å². The Hall–Kier alpha value is -1.81. The number of aromatic nitrogens is 2. The number of nitrogens with two attached hydrogens (primary N) is 1. The third-order valence-corrected chi connectivity index (χ3v) is 2.61. The predicted molar refractivity (Wildman–Crippen MR) is 63.1 cm³/mol. The quantitative estimate of drug-likeness (QED) is 0.823. The van der Waals surface area contributed by atoms with E-state index in [1.165, 1.54) is 0 Å². The molecule has 4 nitrogen and oxygen atoms in total.